The predicted octanol–water partition coefficient (Wildman–Crippen LogP) is 0.884. The first-order chi connectivity index (χ1) is 9.22. The van der Waals surface area contributed by atoms with E-state index in [0.717, 1.165) is 38.3 Å². The van der Waals surface area contributed by atoms with E-state index < -0.39 is 5.91 Å². The standard InChI is InChI=1S/C13H21N3O3/c1-2-18-10-4-3-7-16(8-10)9-11-5-6-12(19-11)13(17)15-14/h5-6,10H,2-4,7-9,14H2,1H3,(H,15,17). The molecule has 0 aromatic carbocycles. The number of hydrazine groups is 1. The number of carbonyl (C=O) groups excluding carboxylic acids is 1. The normalized spacial score (nSPS) is 20.4. The fourth-order valence-corrected chi connectivity index (χ4v) is 2.40. The van der Waals surface area contributed by atoms with Crippen LogP contribution in [0.15, 0.2) is 16.5 Å². The fraction of sp³-hybridized carbons (Fsp3) is 0.615. The van der Waals surface area contributed by atoms with Gasteiger partial charge in [0.25, 0.3) is 0 Å². The summed E-state index contributed by atoms with van der Waals surface area (Å²) in [5.74, 6) is 5.68. The summed E-state index contributed by atoms with van der Waals surface area (Å²) in [5.41, 5.74) is 2.06. The van der Waals surface area contributed by atoms with Crippen LogP contribution in [-0.4, -0.2) is 36.6 Å². The molecule has 1 aromatic rings. The van der Waals surface area contributed by atoms with Gasteiger partial charge in [-0.05, 0) is 38.4 Å². The summed E-state index contributed by atoms with van der Waals surface area (Å²) < 4.78 is 11.1. The summed E-state index contributed by atoms with van der Waals surface area (Å²) in [4.78, 5) is 13.6. The Labute approximate surface area is 112 Å². The molecule has 2 rings (SSSR count). The number of hydrogen-bond donors (Lipinski definition) is 2. The van der Waals surface area contributed by atoms with Crippen LogP contribution in [0.25, 0.3) is 0 Å². The number of nitrogen functional groups attached to an aromatic ring is 1. The van der Waals surface area contributed by atoms with Gasteiger partial charge in [-0.2, -0.15) is 0 Å². The molecule has 0 aliphatic carbocycles. The molecule has 0 saturated carbocycles. The van der Waals surface area contributed by atoms with Crippen LogP contribution in [-0.2, 0) is 11.3 Å². The maximum absolute atomic E-state index is 11.3. The van der Waals surface area contributed by atoms with E-state index in [-0.39, 0.29) is 5.76 Å². The lowest BCUT2D eigenvalue weighted by Gasteiger charge is -2.31. The van der Waals surface area contributed by atoms with Gasteiger partial charge in [0.2, 0.25) is 0 Å². The Kier molecular flexibility index (Phi) is 4.95. The Balaban J connectivity index is 1.89. The van der Waals surface area contributed by atoms with E-state index in [1.165, 1.54) is 0 Å². The van der Waals surface area contributed by atoms with Crippen molar-refractivity contribution in [3.63, 3.8) is 0 Å². The average Bonchev–Trinajstić information content (AvgIpc) is 2.87. The average molecular weight is 267 g/mol. The minimum Gasteiger partial charge on any atom is -0.455 e. The summed E-state index contributed by atoms with van der Waals surface area (Å²) in [6, 6.07) is 3.45. The number of amides is 1. The lowest BCUT2D eigenvalue weighted by Crippen LogP contribution is -2.39. The molecular formula is C13H21N3O3. The molecule has 0 radical (unpaired) electrons. The summed E-state index contributed by atoms with van der Waals surface area (Å²) in [6.45, 7) is 5.40. The molecule has 1 aliphatic heterocycles. The van der Waals surface area contributed by atoms with Gasteiger partial charge in [0, 0.05) is 13.2 Å². The highest BCUT2D eigenvalue weighted by Crippen LogP contribution is 2.17. The van der Waals surface area contributed by atoms with E-state index in [4.69, 9.17) is 15.0 Å². The van der Waals surface area contributed by atoms with Crippen LogP contribution in [0.5, 0.6) is 0 Å². The van der Waals surface area contributed by atoms with Crippen molar-refractivity contribution in [1.29, 1.82) is 0 Å². The second-order valence-corrected chi connectivity index (χ2v) is 4.69. The minimum absolute atomic E-state index is 0.246. The quantitative estimate of drug-likeness (QED) is 0.470. The number of hydrogen-bond acceptors (Lipinski definition) is 5. The molecule has 3 N–H and O–H groups in total. The SMILES string of the molecule is CCOC1CCCN(Cc2ccc(C(=O)NN)o2)C1. The zero-order chi connectivity index (χ0) is 13.7. The van der Waals surface area contributed by atoms with Crippen LogP contribution in [0, 0.1) is 0 Å². The third kappa shape index (κ3) is 3.79. The fourth-order valence-electron chi connectivity index (χ4n) is 2.40. The monoisotopic (exact) mass is 267 g/mol. The van der Waals surface area contributed by atoms with Crippen LogP contribution in [0.1, 0.15) is 36.1 Å². The van der Waals surface area contributed by atoms with Gasteiger partial charge in [0.05, 0.1) is 12.6 Å². The number of ether oxygens (including phenoxy) is 1. The van der Waals surface area contributed by atoms with E-state index in [1.54, 1.807) is 6.07 Å². The van der Waals surface area contributed by atoms with Gasteiger partial charge in [0.15, 0.2) is 5.76 Å². The van der Waals surface area contributed by atoms with Crippen LogP contribution < -0.4 is 11.3 Å². The molecular weight excluding hydrogens is 246 g/mol. The lowest BCUT2D eigenvalue weighted by molar-refractivity contribution is 0.00192. The molecule has 1 aliphatic rings. The van der Waals surface area contributed by atoms with Gasteiger partial charge in [-0.1, -0.05) is 0 Å². The molecule has 1 unspecified atom stereocenters. The summed E-state index contributed by atoms with van der Waals surface area (Å²) >= 11 is 0. The van der Waals surface area contributed by atoms with Gasteiger partial charge < -0.3 is 9.15 Å². The Morgan fingerprint density at radius 3 is 3.21 bits per heavy atom. The lowest BCUT2D eigenvalue weighted by atomic mass is 10.1. The highest BCUT2D eigenvalue weighted by Gasteiger charge is 2.21. The van der Waals surface area contributed by atoms with Crippen molar-refractivity contribution in [2.45, 2.75) is 32.4 Å². The zero-order valence-electron chi connectivity index (χ0n) is 11.2. The Bertz CT molecular complexity index is 417. The summed E-state index contributed by atoms with van der Waals surface area (Å²) in [7, 11) is 0. The van der Waals surface area contributed by atoms with Crippen molar-refractivity contribution in [3.05, 3.63) is 23.7 Å². The molecule has 1 amide bonds. The van der Waals surface area contributed by atoms with Crippen LogP contribution in [0.2, 0.25) is 0 Å². The number of nitrogens with two attached hydrogens (primary N) is 1. The van der Waals surface area contributed by atoms with Crippen LogP contribution in [0.4, 0.5) is 0 Å². The first kappa shape index (κ1) is 14.0. The van der Waals surface area contributed by atoms with E-state index in [2.05, 4.69) is 10.3 Å². The van der Waals surface area contributed by atoms with Gasteiger partial charge in [-0.3, -0.25) is 15.1 Å². The first-order valence-corrected chi connectivity index (χ1v) is 6.66. The largest absolute Gasteiger partial charge is 0.455 e. The minimum atomic E-state index is -0.405. The molecule has 106 valence electrons. The number of nitrogens with zero attached hydrogens (tertiary/aromatic N) is 1. The Morgan fingerprint density at radius 2 is 2.47 bits per heavy atom. The number of furan rings is 1. The van der Waals surface area contributed by atoms with Crippen LogP contribution >= 0.6 is 0 Å². The molecule has 6 heteroatoms. The predicted molar refractivity (Wildman–Crippen MR) is 70.3 cm³/mol. The van der Waals surface area contributed by atoms with Crippen molar-refractivity contribution in [2.75, 3.05) is 19.7 Å². The van der Waals surface area contributed by atoms with Crippen molar-refractivity contribution >= 4 is 5.91 Å². The molecule has 0 bridgehead atoms. The maximum atomic E-state index is 11.3. The van der Waals surface area contributed by atoms with Gasteiger partial charge in [0.1, 0.15) is 5.76 Å². The highest BCUT2D eigenvalue weighted by molar-refractivity contribution is 5.90. The molecule has 1 atom stereocenters. The van der Waals surface area contributed by atoms with E-state index >= 15 is 0 Å². The van der Waals surface area contributed by atoms with Gasteiger partial charge in [-0.25, -0.2) is 5.84 Å². The topological polar surface area (TPSA) is 80.7 Å². The summed E-state index contributed by atoms with van der Waals surface area (Å²) in [5, 5.41) is 0. The van der Waals surface area contributed by atoms with Crippen LogP contribution in [0.3, 0.4) is 0 Å². The molecule has 1 fully saturated rings. The second kappa shape index (κ2) is 6.70. The second-order valence-electron chi connectivity index (χ2n) is 4.69. The van der Waals surface area contributed by atoms with Gasteiger partial charge >= 0.3 is 5.91 Å². The number of rotatable bonds is 5. The zero-order valence-corrected chi connectivity index (χ0v) is 11.2. The van der Waals surface area contributed by atoms with E-state index in [9.17, 15) is 4.79 Å². The highest BCUT2D eigenvalue weighted by atomic mass is 16.5. The Hall–Kier alpha value is -1.37. The Morgan fingerprint density at radius 1 is 1.63 bits per heavy atom. The van der Waals surface area contributed by atoms with E-state index in [1.807, 2.05) is 13.0 Å². The van der Waals surface area contributed by atoms with Crippen molar-refractivity contribution in [1.82, 2.24) is 10.3 Å². The molecule has 2 heterocycles. The first-order valence-electron chi connectivity index (χ1n) is 6.66. The maximum Gasteiger partial charge on any atom is 0.300 e. The number of nitrogens with one attached hydrogen (secondary N) is 1. The molecule has 6 nitrogen and oxygen atoms in total. The number of carbonyl (C=O) groups is 1. The van der Waals surface area contributed by atoms with Crippen molar-refractivity contribution in [3.8, 4) is 0 Å². The molecule has 0 spiro atoms. The molecule has 1 aromatic heterocycles. The smallest absolute Gasteiger partial charge is 0.300 e. The third-order valence-corrected chi connectivity index (χ3v) is 3.26. The van der Waals surface area contributed by atoms with Crippen molar-refractivity contribution in [2.24, 2.45) is 5.84 Å². The van der Waals surface area contributed by atoms with Crippen molar-refractivity contribution < 1.29 is 13.9 Å². The van der Waals surface area contributed by atoms with E-state index in [0.29, 0.717) is 12.6 Å². The number of likely N-dealkylation sites (tertiary alicyclic amines) is 1. The number of piperidine rings is 1. The third-order valence-electron chi connectivity index (χ3n) is 3.26. The molecule has 19 heavy (non-hydrogen) atoms. The molecule has 1 saturated heterocycles. The summed E-state index contributed by atoms with van der Waals surface area (Å²) in [6.07, 6.45) is 2.55. The van der Waals surface area contributed by atoms with Gasteiger partial charge in [-0.15, -0.1) is 0 Å².